The topological polar surface area (TPSA) is 130 Å². The van der Waals surface area contributed by atoms with Crippen molar-refractivity contribution >= 4 is 23.5 Å². The van der Waals surface area contributed by atoms with Crippen molar-refractivity contribution in [2.75, 3.05) is 11.1 Å². The van der Waals surface area contributed by atoms with E-state index in [2.05, 4.69) is 20.5 Å². The number of amides is 2. The molecule has 1 aliphatic rings. The Morgan fingerprint density at radius 2 is 1.88 bits per heavy atom. The van der Waals surface area contributed by atoms with Crippen LogP contribution in [-0.2, 0) is 22.6 Å². The Kier molecular flexibility index (Phi) is 6.48. The Morgan fingerprint density at radius 1 is 1.15 bits per heavy atom. The zero-order valence-corrected chi connectivity index (χ0v) is 19.1. The second kappa shape index (κ2) is 9.48. The van der Waals surface area contributed by atoms with Gasteiger partial charge in [-0.1, -0.05) is 37.5 Å². The molecule has 33 heavy (non-hydrogen) atoms. The van der Waals surface area contributed by atoms with E-state index in [9.17, 15) is 9.59 Å². The van der Waals surface area contributed by atoms with E-state index >= 15 is 0 Å². The molecule has 2 heterocycles. The highest BCUT2D eigenvalue weighted by Gasteiger charge is 2.47. The number of para-hydroxylation sites is 1. The number of nitrogens with zero attached hydrogens (tertiary/aromatic N) is 3. The first-order valence-corrected chi connectivity index (χ1v) is 11.3. The van der Waals surface area contributed by atoms with E-state index in [0.29, 0.717) is 24.4 Å². The van der Waals surface area contributed by atoms with Crippen molar-refractivity contribution in [3.05, 3.63) is 59.3 Å². The van der Waals surface area contributed by atoms with Crippen molar-refractivity contribution in [1.82, 2.24) is 20.1 Å². The maximum atomic E-state index is 13.9. The molecule has 1 saturated carbocycles. The Bertz CT molecular complexity index is 1090. The Morgan fingerprint density at radius 3 is 2.48 bits per heavy atom. The van der Waals surface area contributed by atoms with Crippen molar-refractivity contribution in [2.24, 2.45) is 0 Å². The van der Waals surface area contributed by atoms with E-state index in [1.165, 1.54) is 0 Å². The molecule has 1 fully saturated rings. The molecule has 2 aromatic heterocycles. The number of aromatic nitrogens is 3. The lowest BCUT2D eigenvalue weighted by molar-refractivity contribution is -0.148. The number of carbonyl (C=O) groups is 2. The van der Waals surface area contributed by atoms with Gasteiger partial charge >= 0.3 is 0 Å². The third-order valence-electron chi connectivity index (χ3n) is 6.40. The Labute approximate surface area is 192 Å². The van der Waals surface area contributed by atoms with Gasteiger partial charge in [-0.15, -0.1) is 5.10 Å². The number of benzene rings is 1. The number of nitrogen functional groups attached to an aromatic ring is 1. The van der Waals surface area contributed by atoms with Gasteiger partial charge in [0.05, 0.1) is 19.2 Å². The second-order valence-corrected chi connectivity index (χ2v) is 8.69. The van der Waals surface area contributed by atoms with Crippen LogP contribution in [0.2, 0.25) is 0 Å². The molecule has 0 unspecified atom stereocenters. The zero-order chi connectivity index (χ0) is 23.4. The first-order chi connectivity index (χ1) is 15.9. The van der Waals surface area contributed by atoms with Gasteiger partial charge < -0.3 is 20.4 Å². The molecule has 0 atom stereocenters. The number of aryl methyl sites for hydroxylation is 2. The molecule has 0 spiro atoms. The molecule has 174 valence electrons. The molecule has 2 amide bonds. The van der Waals surface area contributed by atoms with Crippen molar-refractivity contribution in [1.29, 1.82) is 0 Å². The molecule has 3 aromatic rings. The van der Waals surface area contributed by atoms with Gasteiger partial charge in [-0.05, 0) is 49.9 Å². The van der Waals surface area contributed by atoms with Gasteiger partial charge in [-0.3, -0.25) is 14.7 Å². The van der Waals surface area contributed by atoms with Crippen LogP contribution in [0.4, 0.5) is 11.6 Å². The predicted molar refractivity (Wildman–Crippen MR) is 124 cm³/mol. The number of hydrogen-bond donors (Lipinski definition) is 3. The number of carbonyl (C=O) groups excluding carboxylic acids is 2. The fraction of sp³-hybridized carbons (Fsp3) is 0.417. The van der Waals surface area contributed by atoms with Crippen molar-refractivity contribution < 1.29 is 14.0 Å². The van der Waals surface area contributed by atoms with Gasteiger partial charge in [0.25, 0.3) is 0 Å². The Balaban J connectivity index is 1.70. The summed E-state index contributed by atoms with van der Waals surface area (Å²) in [4.78, 5) is 33.3. The van der Waals surface area contributed by atoms with Gasteiger partial charge in [0.15, 0.2) is 0 Å². The average Bonchev–Trinajstić information content (AvgIpc) is 3.46. The summed E-state index contributed by atoms with van der Waals surface area (Å²) in [6.07, 6.45) is 5.43. The van der Waals surface area contributed by atoms with Crippen LogP contribution in [0, 0.1) is 13.8 Å². The number of anilines is 2. The van der Waals surface area contributed by atoms with E-state index in [1.807, 2.05) is 38.1 Å². The third kappa shape index (κ3) is 4.76. The minimum atomic E-state index is -0.998. The molecule has 1 aromatic carbocycles. The molecule has 0 bridgehead atoms. The molecular formula is C24H30N6O3. The summed E-state index contributed by atoms with van der Waals surface area (Å²) in [5.41, 5.74) is 7.37. The number of nitrogens with one attached hydrogen (secondary N) is 2. The van der Waals surface area contributed by atoms with Crippen LogP contribution in [0.1, 0.15) is 54.8 Å². The summed E-state index contributed by atoms with van der Waals surface area (Å²) in [5, 5.41) is 9.66. The zero-order valence-electron chi connectivity index (χ0n) is 19.1. The molecule has 1 aliphatic carbocycles. The van der Waals surface area contributed by atoms with E-state index in [4.69, 9.17) is 10.2 Å². The number of rotatable bonds is 7. The van der Waals surface area contributed by atoms with Gasteiger partial charge in [0.1, 0.15) is 17.1 Å². The number of nitrogens with two attached hydrogens (primary N) is 1. The normalized spacial score (nSPS) is 15.2. The largest absolute Gasteiger partial charge is 0.467 e. The van der Waals surface area contributed by atoms with Crippen LogP contribution < -0.4 is 11.1 Å². The molecular weight excluding hydrogens is 420 g/mol. The number of hydrogen-bond acceptors (Lipinski definition) is 6. The minimum absolute atomic E-state index is 0.0384. The highest BCUT2D eigenvalue weighted by molar-refractivity contribution is 6.01. The number of H-pyrrole nitrogens is 1. The maximum absolute atomic E-state index is 13.9. The summed E-state index contributed by atoms with van der Waals surface area (Å²) in [6, 6.07) is 9.49. The van der Waals surface area contributed by atoms with E-state index < -0.39 is 5.54 Å². The van der Waals surface area contributed by atoms with Crippen LogP contribution >= 0.6 is 0 Å². The van der Waals surface area contributed by atoms with Crippen molar-refractivity contribution in [2.45, 2.75) is 64.5 Å². The third-order valence-corrected chi connectivity index (χ3v) is 6.40. The fourth-order valence-electron chi connectivity index (χ4n) is 4.66. The van der Waals surface area contributed by atoms with E-state index in [-0.39, 0.29) is 30.7 Å². The summed E-state index contributed by atoms with van der Waals surface area (Å²) < 4.78 is 5.56. The Hall–Kier alpha value is -3.62. The minimum Gasteiger partial charge on any atom is -0.467 e. The summed E-state index contributed by atoms with van der Waals surface area (Å²) in [6.45, 7) is 4.13. The monoisotopic (exact) mass is 450 g/mol. The number of aromatic amines is 1. The molecule has 0 aliphatic heterocycles. The lowest BCUT2D eigenvalue weighted by atomic mass is 9.78. The van der Waals surface area contributed by atoms with Gasteiger partial charge in [0, 0.05) is 5.69 Å². The van der Waals surface area contributed by atoms with Crippen LogP contribution in [0.15, 0.2) is 41.0 Å². The summed E-state index contributed by atoms with van der Waals surface area (Å²) in [5.74, 6) is 0.654. The van der Waals surface area contributed by atoms with E-state index in [1.54, 1.807) is 17.2 Å². The van der Waals surface area contributed by atoms with Crippen LogP contribution in [0.5, 0.6) is 0 Å². The smallest absolute Gasteiger partial charge is 0.250 e. The molecule has 0 saturated heterocycles. The SMILES string of the molecule is Cc1cccc(C)c1NC(=O)C1(N(Cc2ccco2)C(=O)Cc2nc(N)n[nH]2)CCCCC1. The van der Waals surface area contributed by atoms with Crippen LogP contribution in [0.3, 0.4) is 0 Å². The van der Waals surface area contributed by atoms with Crippen LogP contribution in [-0.4, -0.2) is 37.4 Å². The lowest BCUT2D eigenvalue weighted by Gasteiger charge is -2.45. The standard InChI is InChI=1S/C24H30N6O3/c1-16-8-6-9-17(2)21(16)27-22(32)24(11-4-3-5-12-24)30(15-18-10-7-13-33-18)20(31)14-19-26-23(25)29-28-19/h6-10,13H,3-5,11-12,14-15H2,1-2H3,(H,27,32)(H3,25,26,28,29). The molecule has 9 nitrogen and oxygen atoms in total. The molecule has 9 heteroatoms. The maximum Gasteiger partial charge on any atom is 0.250 e. The van der Waals surface area contributed by atoms with Crippen molar-refractivity contribution in [3.8, 4) is 0 Å². The first kappa shape index (κ1) is 22.6. The molecule has 0 radical (unpaired) electrons. The first-order valence-electron chi connectivity index (χ1n) is 11.3. The summed E-state index contributed by atoms with van der Waals surface area (Å²) in [7, 11) is 0. The van der Waals surface area contributed by atoms with Gasteiger partial charge in [-0.25, -0.2) is 0 Å². The molecule has 4 N–H and O–H groups in total. The highest BCUT2D eigenvalue weighted by Crippen LogP contribution is 2.37. The highest BCUT2D eigenvalue weighted by atomic mass is 16.3. The summed E-state index contributed by atoms with van der Waals surface area (Å²) >= 11 is 0. The van der Waals surface area contributed by atoms with Gasteiger partial charge in [0.2, 0.25) is 17.8 Å². The molecule has 4 rings (SSSR count). The second-order valence-electron chi connectivity index (χ2n) is 8.69. The number of furan rings is 1. The lowest BCUT2D eigenvalue weighted by Crippen LogP contribution is -2.60. The van der Waals surface area contributed by atoms with Crippen molar-refractivity contribution in [3.63, 3.8) is 0 Å². The van der Waals surface area contributed by atoms with Crippen LogP contribution in [0.25, 0.3) is 0 Å². The van der Waals surface area contributed by atoms with Gasteiger partial charge in [-0.2, -0.15) is 4.98 Å². The van der Waals surface area contributed by atoms with E-state index in [0.717, 1.165) is 36.1 Å². The quantitative estimate of drug-likeness (QED) is 0.505. The average molecular weight is 451 g/mol. The fourth-order valence-corrected chi connectivity index (χ4v) is 4.66. The predicted octanol–water partition coefficient (Wildman–Crippen LogP) is 3.51.